The summed E-state index contributed by atoms with van der Waals surface area (Å²) in [5.41, 5.74) is -0.400. The Kier molecular flexibility index (Phi) is 5.35. The molecular formula is C25H24N4O4S3. The van der Waals surface area contributed by atoms with Crippen LogP contribution in [0.25, 0.3) is 10.9 Å². The van der Waals surface area contributed by atoms with Crippen molar-refractivity contribution < 1.29 is 18.0 Å². The van der Waals surface area contributed by atoms with Crippen LogP contribution in [0.4, 0.5) is 0 Å². The van der Waals surface area contributed by atoms with Crippen molar-refractivity contribution >= 4 is 58.0 Å². The highest BCUT2D eigenvalue weighted by molar-refractivity contribution is 7.90. The van der Waals surface area contributed by atoms with E-state index in [0.717, 1.165) is 0 Å². The lowest BCUT2D eigenvalue weighted by Gasteiger charge is -2.50. The second-order valence-corrected chi connectivity index (χ2v) is 13.1. The molecule has 2 saturated heterocycles. The molecule has 5 rings (SSSR count). The van der Waals surface area contributed by atoms with E-state index in [4.69, 9.17) is 12.6 Å². The Hall–Kier alpha value is -2.94. The average Bonchev–Trinajstić information content (AvgIpc) is 3.36. The van der Waals surface area contributed by atoms with Gasteiger partial charge in [-0.1, -0.05) is 36.4 Å². The highest BCUT2D eigenvalue weighted by Crippen LogP contribution is 2.60. The number of nitriles is 1. The number of thiol groups is 2. The van der Waals surface area contributed by atoms with Crippen LogP contribution < -0.4 is 0 Å². The molecule has 0 saturated carbocycles. The van der Waals surface area contributed by atoms with Crippen molar-refractivity contribution in [3.8, 4) is 6.07 Å². The van der Waals surface area contributed by atoms with Crippen LogP contribution >= 0.6 is 25.3 Å². The molecule has 0 radical (unpaired) electrons. The number of fused-ring (bicyclic) bond motifs is 2. The highest BCUT2D eigenvalue weighted by Gasteiger charge is 2.69. The fourth-order valence-electron chi connectivity index (χ4n) is 5.38. The molecule has 0 N–H and O–H groups in total. The molecule has 4 atom stereocenters. The van der Waals surface area contributed by atoms with Gasteiger partial charge in [0.15, 0.2) is 9.74 Å². The Morgan fingerprint density at radius 1 is 1.00 bits per heavy atom. The molecule has 0 aliphatic carbocycles. The van der Waals surface area contributed by atoms with E-state index in [1.165, 1.54) is 46.1 Å². The zero-order chi connectivity index (χ0) is 26.3. The van der Waals surface area contributed by atoms with Crippen LogP contribution in [0.5, 0.6) is 0 Å². The predicted octanol–water partition coefficient (Wildman–Crippen LogP) is 3.43. The summed E-state index contributed by atoms with van der Waals surface area (Å²) in [6.45, 7) is 3.19. The standard InChI is InChI=1S/C25H24N4O4S3/c1-23(15-26)14-25(35)22(31)27(3)24(2,34)21(30)29(25)20(23)18-13-28(19-12-8-7-11-17(18)19)36(32,33)16-9-5-4-6-10-16/h4-13,20,34-35H,14H2,1-3H3/t20-,23+,24-,25-/m0/s1. The van der Waals surface area contributed by atoms with E-state index in [-0.39, 0.29) is 11.3 Å². The van der Waals surface area contributed by atoms with Crippen LogP contribution in [0.3, 0.4) is 0 Å². The quantitative estimate of drug-likeness (QED) is 0.496. The molecule has 0 spiro atoms. The summed E-state index contributed by atoms with van der Waals surface area (Å²) in [4.78, 5) is 26.9. The molecule has 2 aliphatic rings. The molecule has 0 bridgehead atoms. The van der Waals surface area contributed by atoms with E-state index in [1.54, 1.807) is 49.4 Å². The number of hydrogen-bond donors (Lipinski definition) is 2. The van der Waals surface area contributed by atoms with Crippen molar-refractivity contribution in [2.24, 2.45) is 5.41 Å². The lowest BCUT2D eigenvalue weighted by molar-refractivity contribution is -0.163. The van der Waals surface area contributed by atoms with Gasteiger partial charge in [-0.25, -0.2) is 12.4 Å². The molecule has 2 amide bonds. The van der Waals surface area contributed by atoms with E-state index in [9.17, 15) is 23.3 Å². The zero-order valence-corrected chi connectivity index (χ0v) is 22.4. The van der Waals surface area contributed by atoms with Gasteiger partial charge in [-0.2, -0.15) is 5.26 Å². The van der Waals surface area contributed by atoms with Crippen molar-refractivity contribution in [2.75, 3.05) is 7.05 Å². The van der Waals surface area contributed by atoms with Gasteiger partial charge in [0, 0.05) is 30.6 Å². The summed E-state index contributed by atoms with van der Waals surface area (Å²) in [7, 11) is -2.51. The largest absolute Gasteiger partial charge is 0.320 e. The number of carbonyl (C=O) groups excluding carboxylic acids is 2. The number of nitrogens with zero attached hydrogens (tertiary/aromatic N) is 4. The van der Waals surface area contributed by atoms with E-state index >= 15 is 0 Å². The Morgan fingerprint density at radius 2 is 1.61 bits per heavy atom. The Balaban J connectivity index is 1.80. The first-order valence-electron chi connectivity index (χ1n) is 11.2. The number of benzene rings is 2. The molecule has 3 heterocycles. The van der Waals surface area contributed by atoms with E-state index in [0.29, 0.717) is 16.5 Å². The van der Waals surface area contributed by atoms with Crippen LogP contribution in [0.1, 0.15) is 31.9 Å². The Bertz CT molecular complexity index is 1580. The summed E-state index contributed by atoms with van der Waals surface area (Å²) in [5, 5.41) is 10.9. The molecule has 3 aromatic rings. The lowest BCUT2D eigenvalue weighted by Crippen LogP contribution is -2.69. The number of carbonyl (C=O) groups is 2. The summed E-state index contributed by atoms with van der Waals surface area (Å²) >= 11 is 9.19. The molecule has 36 heavy (non-hydrogen) atoms. The van der Waals surface area contributed by atoms with Gasteiger partial charge in [0.05, 0.1) is 27.9 Å². The van der Waals surface area contributed by atoms with Crippen LogP contribution in [0.2, 0.25) is 0 Å². The summed E-state index contributed by atoms with van der Waals surface area (Å²) in [6, 6.07) is 16.3. The normalized spacial score (nSPS) is 30.5. The molecule has 1 aromatic heterocycles. The van der Waals surface area contributed by atoms with Gasteiger partial charge in [-0.3, -0.25) is 9.59 Å². The first kappa shape index (κ1) is 24.7. The fourth-order valence-corrected chi connectivity index (χ4v) is 7.66. The monoisotopic (exact) mass is 540 g/mol. The molecule has 8 nitrogen and oxygen atoms in total. The second kappa shape index (κ2) is 7.78. The minimum absolute atomic E-state index is 0.0337. The summed E-state index contributed by atoms with van der Waals surface area (Å²) in [5.74, 6) is -0.942. The summed E-state index contributed by atoms with van der Waals surface area (Å²) in [6.07, 6.45) is 1.42. The van der Waals surface area contributed by atoms with Crippen molar-refractivity contribution in [2.45, 2.75) is 40.9 Å². The van der Waals surface area contributed by atoms with Crippen molar-refractivity contribution in [1.82, 2.24) is 13.8 Å². The van der Waals surface area contributed by atoms with Crippen molar-refractivity contribution in [3.05, 3.63) is 66.4 Å². The fraction of sp³-hybridized carbons (Fsp3) is 0.320. The minimum Gasteiger partial charge on any atom is -0.320 e. The third-order valence-electron chi connectivity index (χ3n) is 7.36. The molecule has 0 unspecified atom stereocenters. The van der Waals surface area contributed by atoms with Gasteiger partial charge in [-0.05, 0) is 32.0 Å². The Labute approximate surface area is 220 Å². The SMILES string of the molecule is CN1C(=O)[C@@]2(S)C[C@](C)(C#N)[C@H](c3cn(S(=O)(=O)c4ccccc4)c4ccccc34)N2C(=O)[C@]1(C)S. The van der Waals surface area contributed by atoms with Crippen molar-refractivity contribution in [3.63, 3.8) is 0 Å². The number of amides is 2. The van der Waals surface area contributed by atoms with Gasteiger partial charge in [0.1, 0.15) is 0 Å². The van der Waals surface area contributed by atoms with E-state index in [2.05, 4.69) is 18.7 Å². The maximum absolute atomic E-state index is 13.8. The number of rotatable bonds is 3. The van der Waals surface area contributed by atoms with Gasteiger partial charge in [-0.15, -0.1) is 25.3 Å². The van der Waals surface area contributed by atoms with Gasteiger partial charge >= 0.3 is 0 Å². The molecule has 2 aromatic carbocycles. The number of likely N-dealkylation sites (N-methyl/N-ethyl adjacent to an activating group) is 1. The lowest BCUT2D eigenvalue weighted by atomic mass is 9.79. The van der Waals surface area contributed by atoms with E-state index in [1.807, 2.05) is 0 Å². The topological polar surface area (TPSA) is 103 Å². The molecule has 2 aliphatic heterocycles. The highest BCUT2D eigenvalue weighted by atomic mass is 32.2. The smallest absolute Gasteiger partial charge is 0.268 e. The van der Waals surface area contributed by atoms with Crippen LogP contribution in [0, 0.1) is 16.7 Å². The van der Waals surface area contributed by atoms with Crippen LogP contribution in [-0.2, 0) is 19.6 Å². The molecular weight excluding hydrogens is 517 g/mol. The predicted molar refractivity (Wildman–Crippen MR) is 141 cm³/mol. The van der Waals surface area contributed by atoms with Crippen molar-refractivity contribution in [1.29, 1.82) is 5.26 Å². The molecule has 2 fully saturated rings. The third-order valence-corrected chi connectivity index (χ3v) is 10.1. The van der Waals surface area contributed by atoms with Gasteiger partial charge in [0.25, 0.3) is 21.8 Å². The average molecular weight is 541 g/mol. The maximum Gasteiger partial charge on any atom is 0.268 e. The number of aromatic nitrogens is 1. The van der Waals surface area contributed by atoms with Gasteiger partial charge < -0.3 is 9.80 Å². The maximum atomic E-state index is 13.8. The van der Waals surface area contributed by atoms with Gasteiger partial charge in [0.2, 0.25) is 0 Å². The third kappa shape index (κ3) is 3.11. The first-order valence-corrected chi connectivity index (χ1v) is 13.5. The minimum atomic E-state index is -4.00. The molecule has 186 valence electrons. The van der Waals surface area contributed by atoms with Crippen LogP contribution in [-0.4, -0.2) is 50.8 Å². The van der Waals surface area contributed by atoms with Crippen LogP contribution in [0.15, 0.2) is 65.7 Å². The second-order valence-electron chi connectivity index (χ2n) is 9.70. The first-order chi connectivity index (χ1) is 16.8. The Morgan fingerprint density at radius 3 is 2.25 bits per heavy atom. The number of piperazine rings is 1. The summed E-state index contributed by atoms with van der Waals surface area (Å²) < 4.78 is 28.5. The zero-order valence-electron chi connectivity index (χ0n) is 19.8. The molecule has 11 heteroatoms. The van der Waals surface area contributed by atoms with E-state index < -0.39 is 43.0 Å². The number of para-hydroxylation sites is 1. The number of hydrogen-bond acceptors (Lipinski definition) is 7.